The Balaban J connectivity index is 0. The quantitative estimate of drug-likeness (QED) is 0.375. The van der Waals surface area contributed by atoms with Crippen molar-refractivity contribution in [3.63, 3.8) is 0 Å². The van der Waals surface area contributed by atoms with Gasteiger partial charge in [-0.25, -0.2) is 0 Å². The number of guanidine groups is 1. The second-order valence-electron chi connectivity index (χ2n) is 2.70. The minimum absolute atomic E-state index is 0. The summed E-state index contributed by atoms with van der Waals surface area (Å²) in [5.41, 5.74) is 16.4. The zero-order valence-electron chi connectivity index (χ0n) is 8.31. The molecule has 0 atom stereocenters. The maximum Gasteiger partial charge on any atom is 0.282 e. The van der Waals surface area contributed by atoms with Crippen molar-refractivity contribution in [2.75, 3.05) is 5.73 Å². The SMILES string of the molecule is Cl.Cl.NC(N)=NC(=O)c1cc(Br)c(Br)cc1N. The number of benzene rings is 1. The van der Waals surface area contributed by atoms with Crippen LogP contribution in [0.25, 0.3) is 0 Å². The summed E-state index contributed by atoms with van der Waals surface area (Å²) in [5.74, 6) is -0.862. The summed E-state index contributed by atoms with van der Waals surface area (Å²) in [6.45, 7) is 0. The highest BCUT2D eigenvalue weighted by Gasteiger charge is 2.11. The van der Waals surface area contributed by atoms with Crippen molar-refractivity contribution in [3.05, 3.63) is 26.6 Å². The molecule has 0 unspecified atom stereocenters. The first-order valence-electron chi connectivity index (χ1n) is 3.80. The van der Waals surface area contributed by atoms with Crippen LogP contribution in [-0.4, -0.2) is 11.9 Å². The Morgan fingerprint density at radius 3 is 2.06 bits per heavy atom. The van der Waals surface area contributed by atoms with E-state index in [4.69, 9.17) is 17.2 Å². The number of amides is 1. The summed E-state index contributed by atoms with van der Waals surface area (Å²) in [7, 11) is 0. The molecule has 1 rings (SSSR count). The van der Waals surface area contributed by atoms with Crippen LogP contribution in [0.3, 0.4) is 0 Å². The molecule has 0 aromatic heterocycles. The lowest BCUT2D eigenvalue weighted by Crippen LogP contribution is -2.24. The van der Waals surface area contributed by atoms with Gasteiger partial charge in [0.15, 0.2) is 5.96 Å². The third-order valence-corrected chi connectivity index (χ3v) is 3.40. The van der Waals surface area contributed by atoms with Gasteiger partial charge >= 0.3 is 0 Å². The molecule has 0 heterocycles. The standard InChI is InChI=1S/C8H8Br2N4O.2ClH/c9-4-1-3(6(11)2-5(4)10)7(15)14-8(12)13;;/h1-2H,11H2,(H4,12,13,14,15);2*1H. The molecule has 96 valence electrons. The Bertz CT molecular complexity index is 449. The Kier molecular flexibility index (Phi) is 8.60. The topological polar surface area (TPSA) is 107 Å². The number of nitrogens with two attached hydrogens (primary N) is 3. The highest BCUT2D eigenvalue weighted by atomic mass is 79.9. The Labute approximate surface area is 127 Å². The van der Waals surface area contributed by atoms with E-state index in [-0.39, 0.29) is 36.3 Å². The third-order valence-electron chi connectivity index (χ3n) is 1.55. The lowest BCUT2D eigenvalue weighted by atomic mass is 10.2. The molecule has 0 fully saturated rings. The molecule has 0 aliphatic carbocycles. The van der Waals surface area contributed by atoms with E-state index in [2.05, 4.69) is 36.9 Å². The van der Waals surface area contributed by atoms with Crippen LogP contribution in [0.15, 0.2) is 26.1 Å². The maximum absolute atomic E-state index is 11.5. The highest BCUT2D eigenvalue weighted by molar-refractivity contribution is 9.13. The van der Waals surface area contributed by atoms with Gasteiger partial charge in [0.05, 0.1) is 5.56 Å². The van der Waals surface area contributed by atoms with Crippen LogP contribution in [0.1, 0.15) is 10.4 Å². The van der Waals surface area contributed by atoms with Gasteiger partial charge in [0.2, 0.25) is 0 Å². The van der Waals surface area contributed by atoms with Crippen LogP contribution in [0, 0.1) is 0 Å². The fourth-order valence-electron chi connectivity index (χ4n) is 0.925. The largest absolute Gasteiger partial charge is 0.398 e. The van der Waals surface area contributed by atoms with E-state index in [1.165, 1.54) is 0 Å². The molecule has 0 saturated carbocycles. The summed E-state index contributed by atoms with van der Waals surface area (Å²) in [4.78, 5) is 14.9. The van der Waals surface area contributed by atoms with Crippen molar-refractivity contribution < 1.29 is 4.79 Å². The number of aliphatic imine (C=N–C) groups is 1. The zero-order chi connectivity index (χ0) is 11.6. The monoisotopic (exact) mass is 406 g/mol. The van der Waals surface area contributed by atoms with Gasteiger partial charge in [0, 0.05) is 14.6 Å². The number of carbonyl (C=O) groups is 1. The van der Waals surface area contributed by atoms with Crippen molar-refractivity contribution >= 4 is 74.2 Å². The second kappa shape index (κ2) is 7.75. The number of hydrogen-bond acceptors (Lipinski definition) is 2. The van der Waals surface area contributed by atoms with Gasteiger partial charge in [0.25, 0.3) is 5.91 Å². The van der Waals surface area contributed by atoms with Gasteiger partial charge in [-0.05, 0) is 44.0 Å². The molecule has 6 N–H and O–H groups in total. The first-order chi connectivity index (χ1) is 6.91. The predicted molar refractivity (Wildman–Crippen MR) is 80.9 cm³/mol. The van der Waals surface area contributed by atoms with Crippen LogP contribution < -0.4 is 17.2 Å². The fourth-order valence-corrected chi connectivity index (χ4v) is 1.63. The summed E-state index contributed by atoms with van der Waals surface area (Å²) < 4.78 is 1.45. The second-order valence-corrected chi connectivity index (χ2v) is 4.40. The average molecular weight is 409 g/mol. The van der Waals surface area contributed by atoms with Gasteiger partial charge < -0.3 is 17.2 Å². The van der Waals surface area contributed by atoms with E-state index in [1.54, 1.807) is 12.1 Å². The van der Waals surface area contributed by atoms with Crippen molar-refractivity contribution in [2.24, 2.45) is 16.5 Å². The number of hydrogen-bond donors (Lipinski definition) is 3. The van der Waals surface area contributed by atoms with Crippen molar-refractivity contribution in [1.29, 1.82) is 0 Å². The van der Waals surface area contributed by atoms with Gasteiger partial charge in [-0.2, -0.15) is 4.99 Å². The van der Waals surface area contributed by atoms with E-state index in [0.717, 1.165) is 4.47 Å². The summed E-state index contributed by atoms with van der Waals surface area (Å²) in [6.07, 6.45) is 0. The molecule has 0 aliphatic heterocycles. The Hall–Kier alpha value is -0.500. The fraction of sp³-hybridized carbons (Fsp3) is 0. The lowest BCUT2D eigenvalue weighted by molar-refractivity contribution is 0.100. The van der Waals surface area contributed by atoms with E-state index < -0.39 is 5.91 Å². The molecule has 17 heavy (non-hydrogen) atoms. The number of nitrogen functional groups attached to an aromatic ring is 1. The minimum Gasteiger partial charge on any atom is -0.398 e. The molecule has 1 aromatic carbocycles. The molecule has 0 aliphatic rings. The first kappa shape index (κ1) is 18.9. The molecular weight excluding hydrogens is 399 g/mol. The highest BCUT2D eigenvalue weighted by Crippen LogP contribution is 2.28. The molecule has 1 aromatic rings. The number of nitrogens with zero attached hydrogens (tertiary/aromatic N) is 1. The first-order valence-corrected chi connectivity index (χ1v) is 5.39. The summed E-state index contributed by atoms with van der Waals surface area (Å²) in [6, 6.07) is 3.15. The van der Waals surface area contributed by atoms with Gasteiger partial charge in [-0.1, -0.05) is 0 Å². The zero-order valence-corrected chi connectivity index (χ0v) is 13.1. The van der Waals surface area contributed by atoms with Gasteiger partial charge in [-0.15, -0.1) is 24.8 Å². The molecule has 0 radical (unpaired) electrons. The average Bonchev–Trinajstić information content (AvgIpc) is 2.09. The molecule has 0 bridgehead atoms. The van der Waals surface area contributed by atoms with E-state index >= 15 is 0 Å². The lowest BCUT2D eigenvalue weighted by Gasteiger charge is -2.04. The van der Waals surface area contributed by atoms with E-state index in [0.29, 0.717) is 10.2 Å². The van der Waals surface area contributed by atoms with Gasteiger partial charge in [0.1, 0.15) is 0 Å². The Morgan fingerprint density at radius 1 is 1.12 bits per heavy atom. The summed E-state index contributed by atoms with van der Waals surface area (Å²) in [5, 5.41) is 0. The smallest absolute Gasteiger partial charge is 0.282 e. The predicted octanol–water partition coefficient (Wildman–Crippen LogP) is 2.05. The van der Waals surface area contributed by atoms with Gasteiger partial charge in [-0.3, -0.25) is 4.79 Å². The van der Waals surface area contributed by atoms with Crippen LogP contribution in [0.5, 0.6) is 0 Å². The normalized spacial score (nSPS) is 8.59. The van der Waals surface area contributed by atoms with Crippen LogP contribution in [0.2, 0.25) is 0 Å². The Morgan fingerprint density at radius 2 is 1.59 bits per heavy atom. The molecule has 0 spiro atoms. The van der Waals surface area contributed by atoms with Crippen LogP contribution in [0.4, 0.5) is 5.69 Å². The van der Waals surface area contributed by atoms with Crippen molar-refractivity contribution in [2.45, 2.75) is 0 Å². The molecular formula is C8H10Br2Cl2N4O. The number of rotatable bonds is 1. The van der Waals surface area contributed by atoms with Crippen LogP contribution in [-0.2, 0) is 0 Å². The minimum atomic E-state index is -0.569. The molecule has 9 heteroatoms. The number of carbonyl (C=O) groups excluding carboxylic acids is 1. The molecule has 0 saturated heterocycles. The molecule has 5 nitrogen and oxygen atoms in total. The summed E-state index contributed by atoms with van der Waals surface area (Å²) >= 11 is 6.51. The maximum atomic E-state index is 11.5. The van der Waals surface area contributed by atoms with Crippen molar-refractivity contribution in [3.8, 4) is 0 Å². The number of anilines is 1. The molecule has 1 amide bonds. The third kappa shape index (κ3) is 5.12. The number of halogens is 4. The van der Waals surface area contributed by atoms with Crippen LogP contribution >= 0.6 is 56.7 Å². The van der Waals surface area contributed by atoms with E-state index in [9.17, 15) is 4.79 Å². The van der Waals surface area contributed by atoms with E-state index in [1.807, 2.05) is 0 Å². The van der Waals surface area contributed by atoms with Crippen molar-refractivity contribution in [1.82, 2.24) is 0 Å².